The molecule has 108 valence electrons. The van der Waals surface area contributed by atoms with E-state index in [1.807, 2.05) is 19.1 Å². The first-order chi connectivity index (χ1) is 9.27. The Kier molecular flexibility index (Phi) is 8.54. The standard InChI is InChI=1S/C14H23ClN2O2/c1-3-5-8-18-9-10-19-11-13-12(15)6-7-14(17-13)16-4-2/h6-7H,3-5,8-11H2,1-2H3,(H,16,17). The number of hydrogen-bond acceptors (Lipinski definition) is 4. The Bertz CT molecular complexity index is 361. The van der Waals surface area contributed by atoms with Gasteiger partial charge in [0.2, 0.25) is 0 Å². The molecule has 0 aliphatic rings. The summed E-state index contributed by atoms with van der Waals surface area (Å²) in [6, 6.07) is 3.70. The normalized spacial score (nSPS) is 10.7. The molecule has 0 saturated carbocycles. The Balaban J connectivity index is 2.26. The quantitative estimate of drug-likeness (QED) is 0.669. The first-order valence-corrected chi connectivity index (χ1v) is 7.20. The fraction of sp³-hybridized carbons (Fsp3) is 0.643. The summed E-state index contributed by atoms with van der Waals surface area (Å²) >= 11 is 6.08. The van der Waals surface area contributed by atoms with Gasteiger partial charge in [-0.15, -0.1) is 0 Å². The average molecular weight is 287 g/mol. The van der Waals surface area contributed by atoms with Crippen LogP contribution in [-0.4, -0.2) is 31.3 Å². The second-order valence-electron chi connectivity index (χ2n) is 4.17. The monoisotopic (exact) mass is 286 g/mol. The van der Waals surface area contributed by atoms with Gasteiger partial charge in [-0.2, -0.15) is 0 Å². The number of ether oxygens (including phenoxy) is 2. The predicted octanol–water partition coefficient (Wildman–Crippen LogP) is 3.50. The van der Waals surface area contributed by atoms with Crippen LogP contribution in [0.1, 0.15) is 32.4 Å². The Morgan fingerprint density at radius 3 is 2.68 bits per heavy atom. The molecule has 1 N–H and O–H groups in total. The zero-order chi connectivity index (χ0) is 13.9. The van der Waals surface area contributed by atoms with E-state index in [4.69, 9.17) is 21.1 Å². The summed E-state index contributed by atoms with van der Waals surface area (Å²) in [4.78, 5) is 4.40. The summed E-state index contributed by atoms with van der Waals surface area (Å²) in [5.41, 5.74) is 0.758. The molecule has 0 unspecified atom stereocenters. The fourth-order valence-corrected chi connectivity index (χ4v) is 1.66. The first-order valence-electron chi connectivity index (χ1n) is 6.82. The number of pyridine rings is 1. The maximum atomic E-state index is 6.08. The second-order valence-corrected chi connectivity index (χ2v) is 4.58. The zero-order valence-corrected chi connectivity index (χ0v) is 12.5. The molecule has 4 nitrogen and oxygen atoms in total. The highest BCUT2D eigenvalue weighted by Crippen LogP contribution is 2.17. The maximum absolute atomic E-state index is 6.08. The Morgan fingerprint density at radius 1 is 1.16 bits per heavy atom. The third kappa shape index (κ3) is 6.76. The van der Waals surface area contributed by atoms with Crippen LogP contribution >= 0.6 is 11.6 Å². The van der Waals surface area contributed by atoms with Crippen LogP contribution < -0.4 is 5.32 Å². The van der Waals surface area contributed by atoms with Crippen molar-refractivity contribution in [1.82, 2.24) is 4.98 Å². The lowest BCUT2D eigenvalue weighted by Gasteiger charge is -2.09. The molecule has 0 bridgehead atoms. The van der Waals surface area contributed by atoms with Gasteiger partial charge < -0.3 is 14.8 Å². The number of unbranched alkanes of at least 4 members (excludes halogenated alkanes) is 1. The van der Waals surface area contributed by atoms with E-state index in [2.05, 4.69) is 17.2 Å². The summed E-state index contributed by atoms with van der Waals surface area (Å²) in [6.45, 7) is 7.40. The van der Waals surface area contributed by atoms with Crippen molar-refractivity contribution in [1.29, 1.82) is 0 Å². The van der Waals surface area contributed by atoms with Gasteiger partial charge in [0, 0.05) is 13.2 Å². The number of nitrogens with one attached hydrogen (secondary N) is 1. The van der Waals surface area contributed by atoms with Crippen LogP contribution in [0.3, 0.4) is 0 Å². The molecular weight excluding hydrogens is 264 g/mol. The van der Waals surface area contributed by atoms with Crippen LogP contribution in [0, 0.1) is 0 Å². The van der Waals surface area contributed by atoms with Crippen LogP contribution in [0.5, 0.6) is 0 Å². The van der Waals surface area contributed by atoms with Crippen molar-refractivity contribution in [2.24, 2.45) is 0 Å². The van der Waals surface area contributed by atoms with Crippen LogP contribution in [0.15, 0.2) is 12.1 Å². The summed E-state index contributed by atoms with van der Waals surface area (Å²) in [5.74, 6) is 0.824. The van der Waals surface area contributed by atoms with E-state index in [-0.39, 0.29) is 0 Å². The molecule has 5 heteroatoms. The highest BCUT2D eigenvalue weighted by atomic mass is 35.5. The van der Waals surface area contributed by atoms with Crippen molar-refractivity contribution < 1.29 is 9.47 Å². The van der Waals surface area contributed by atoms with E-state index in [9.17, 15) is 0 Å². The molecule has 1 rings (SSSR count). The molecule has 1 heterocycles. The average Bonchev–Trinajstić information content (AvgIpc) is 2.41. The SMILES string of the molecule is CCCCOCCOCc1nc(NCC)ccc1Cl. The number of nitrogens with zero attached hydrogens (tertiary/aromatic N) is 1. The van der Waals surface area contributed by atoms with Crippen molar-refractivity contribution in [3.05, 3.63) is 22.8 Å². The van der Waals surface area contributed by atoms with Gasteiger partial charge in [0.05, 0.1) is 30.5 Å². The number of halogens is 1. The molecule has 0 radical (unpaired) electrons. The largest absolute Gasteiger partial charge is 0.379 e. The predicted molar refractivity (Wildman–Crippen MR) is 78.8 cm³/mol. The topological polar surface area (TPSA) is 43.4 Å². The lowest BCUT2D eigenvalue weighted by molar-refractivity contribution is 0.0386. The summed E-state index contributed by atoms with van der Waals surface area (Å²) < 4.78 is 10.9. The van der Waals surface area contributed by atoms with Crippen molar-refractivity contribution >= 4 is 17.4 Å². The highest BCUT2D eigenvalue weighted by molar-refractivity contribution is 6.31. The van der Waals surface area contributed by atoms with Crippen LogP contribution in [0.2, 0.25) is 5.02 Å². The van der Waals surface area contributed by atoms with Crippen molar-refractivity contribution in [3.8, 4) is 0 Å². The summed E-state index contributed by atoms with van der Waals surface area (Å²) in [5, 5.41) is 3.78. The van der Waals surface area contributed by atoms with Crippen molar-refractivity contribution in [3.63, 3.8) is 0 Å². The molecule has 0 aliphatic heterocycles. The Morgan fingerprint density at radius 2 is 1.95 bits per heavy atom. The fourth-order valence-electron chi connectivity index (χ4n) is 1.50. The summed E-state index contributed by atoms with van der Waals surface area (Å²) in [6.07, 6.45) is 2.25. The molecule has 0 amide bonds. The number of rotatable bonds is 10. The van der Waals surface area contributed by atoms with Gasteiger partial charge >= 0.3 is 0 Å². The van der Waals surface area contributed by atoms with Crippen LogP contribution in [0.25, 0.3) is 0 Å². The molecule has 0 fully saturated rings. The van der Waals surface area contributed by atoms with Gasteiger partial charge in [-0.1, -0.05) is 24.9 Å². The number of aromatic nitrogens is 1. The second kappa shape index (κ2) is 10.0. The van der Waals surface area contributed by atoms with E-state index in [1.54, 1.807) is 0 Å². The zero-order valence-electron chi connectivity index (χ0n) is 11.7. The number of hydrogen-bond donors (Lipinski definition) is 1. The molecule has 1 aromatic rings. The van der Waals surface area contributed by atoms with E-state index in [0.29, 0.717) is 24.8 Å². The van der Waals surface area contributed by atoms with Gasteiger partial charge in [-0.25, -0.2) is 4.98 Å². The van der Waals surface area contributed by atoms with Gasteiger partial charge in [0.25, 0.3) is 0 Å². The van der Waals surface area contributed by atoms with Crippen LogP contribution in [0.4, 0.5) is 5.82 Å². The molecule has 1 aromatic heterocycles. The lowest BCUT2D eigenvalue weighted by Crippen LogP contribution is -2.07. The summed E-state index contributed by atoms with van der Waals surface area (Å²) in [7, 11) is 0. The minimum Gasteiger partial charge on any atom is -0.379 e. The Hall–Kier alpha value is -0.840. The molecule has 0 spiro atoms. The molecular formula is C14H23ClN2O2. The third-order valence-electron chi connectivity index (χ3n) is 2.53. The molecule has 19 heavy (non-hydrogen) atoms. The Labute approximate surface area is 120 Å². The van der Waals surface area contributed by atoms with Crippen LogP contribution in [-0.2, 0) is 16.1 Å². The van der Waals surface area contributed by atoms with Crippen molar-refractivity contribution in [2.75, 3.05) is 31.7 Å². The smallest absolute Gasteiger partial charge is 0.126 e. The van der Waals surface area contributed by atoms with Gasteiger partial charge in [-0.3, -0.25) is 0 Å². The van der Waals surface area contributed by atoms with Gasteiger partial charge in [0.1, 0.15) is 5.82 Å². The molecule has 0 saturated heterocycles. The van der Waals surface area contributed by atoms with E-state index < -0.39 is 0 Å². The van der Waals surface area contributed by atoms with Gasteiger partial charge in [-0.05, 0) is 25.5 Å². The minimum absolute atomic E-state index is 0.412. The lowest BCUT2D eigenvalue weighted by atomic mass is 10.3. The molecule has 0 aromatic carbocycles. The molecule has 0 atom stereocenters. The molecule has 0 aliphatic carbocycles. The van der Waals surface area contributed by atoms with E-state index >= 15 is 0 Å². The highest BCUT2D eigenvalue weighted by Gasteiger charge is 2.04. The maximum Gasteiger partial charge on any atom is 0.126 e. The van der Waals surface area contributed by atoms with E-state index in [1.165, 1.54) is 0 Å². The van der Waals surface area contributed by atoms with Gasteiger partial charge in [0.15, 0.2) is 0 Å². The first kappa shape index (κ1) is 16.2. The van der Waals surface area contributed by atoms with E-state index in [0.717, 1.165) is 37.5 Å². The van der Waals surface area contributed by atoms with Crippen molar-refractivity contribution in [2.45, 2.75) is 33.3 Å². The number of anilines is 1. The minimum atomic E-state index is 0.412. The third-order valence-corrected chi connectivity index (χ3v) is 2.87.